The number of ether oxygens (including phenoxy) is 1. The van der Waals surface area contributed by atoms with Crippen LogP contribution in [-0.4, -0.2) is 23.4 Å². The van der Waals surface area contributed by atoms with Gasteiger partial charge in [-0.2, -0.15) is 5.10 Å². The highest BCUT2D eigenvalue weighted by Crippen LogP contribution is 2.25. The van der Waals surface area contributed by atoms with E-state index in [1.807, 2.05) is 5.38 Å². The molecule has 6 heteroatoms. The minimum absolute atomic E-state index is 0.0886. The second-order valence-electron chi connectivity index (χ2n) is 3.14. The number of phenols is 1. The molecule has 1 aromatic heterocycles. The predicted molar refractivity (Wildman–Crippen MR) is 68.0 cm³/mol. The van der Waals surface area contributed by atoms with Crippen LogP contribution in [0.25, 0.3) is 0 Å². The van der Waals surface area contributed by atoms with Gasteiger partial charge in [-0.15, -0.1) is 11.3 Å². The molecule has 1 heterocycles. The third kappa shape index (κ3) is 2.94. The number of anilines is 1. The van der Waals surface area contributed by atoms with Gasteiger partial charge < -0.3 is 9.84 Å². The summed E-state index contributed by atoms with van der Waals surface area (Å²) in [6, 6.07) is 5.05. The Hall–Kier alpha value is -2.08. The first kappa shape index (κ1) is 11.4. The molecule has 17 heavy (non-hydrogen) atoms. The highest BCUT2D eigenvalue weighted by atomic mass is 32.1. The number of hydrogen-bond acceptors (Lipinski definition) is 6. The van der Waals surface area contributed by atoms with Gasteiger partial charge in [0.15, 0.2) is 11.5 Å². The molecule has 2 N–H and O–H groups in total. The molecular weight excluding hydrogens is 238 g/mol. The molecule has 2 aromatic rings. The molecule has 0 aliphatic carbocycles. The molecule has 5 nitrogen and oxygen atoms in total. The van der Waals surface area contributed by atoms with E-state index in [0.717, 1.165) is 10.7 Å². The van der Waals surface area contributed by atoms with Crippen LogP contribution in [0.1, 0.15) is 5.56 Å². The van der Waals surface area contributed by atoms with Gasteiger partial charge in [0.05, 0.1) is 13.3 Å². The number of thiazole rings is 1. The lowest BCUT2D eigenvalue weighted by Gasteiger charge is -2.02. The van der Waals surface area contributed by atoms with Gasteiger partial charge in [-0.25, -0.2) is 4.98 Å². The number of methoxy groups -OCH3 is 1. The molecule has 0 atom stereocenters. The highest BCUT2D eigenvalue weighted by Gasteiger charge is 2.00. The summed E-state index contributed by atoms with van der Waals surface area (Å²) in [7, 11) is 1.51. The number of nitrogens with zero attached hydrogens (tertiary/aromatic N) is 2. The summed E-state index contributed by atoms with van der Waals surface area (Å²) in [4.78, 5) is 4.02. The van der Waals surface area contributed by atoms with Crippen LogP contribution in [-0.2, 0) is 0 Å². The second-order valence-corrected chi connectivity index (χ2v) is 4.03. The highest BCUT2D eigenvalue weighted by molar-refractivity contribution is 7.13. The Kier molecular flexibility index (Phi) is 3.56. The molecule has 88 valence electrons. The Bertz CT molecular complexity index is 511. The Balaban J connectivity index is 2.03. The number of aromatic nitrogens is 1. The number of phenolic OH excluding ortho intramolecular Hbond substituents is 1. The van der Waals surface area contributed by atoms with E-state index in [1.54, 1.807) is 30.6 Å². The molecule has 0 fully saturated rings. The zero-order valence-corrected chi connectivity index (χ0v) is 9.94. The van der Waals surface area contributed by atoms with Crippen LogP contribution in [0.15, 0.2) is 34.9 Å². The van der Waals surface area contributed by atoms with E-state index in [1.165, 1.54) is 18.4 Å². The summed E-state index contributed by atoms with van der Waals surface area (Å²) in [5.74, 6) is 0.528. The van der Waals surface area contributed by atoms with E-state index in [4.69, 9.17) is 4.74 Å². The van der Waals surface area contributed by atoms with Gasteiger partial charge in [-0.3, -0.25) is 5.43 Å². The molecule has 0 saturated heterocycles. The van der Waals surface area contributed by atoms with E-state index in [0.29, 0.717) is 5.75 Å². The first-order valence-electron chi connectivity index (χ1n) is 4.85. The van der Waals surface area contributed by atoms with Crippen LogP contribution in [0.5, 0.6) is 11.5 Å². The quantitative estimate of drug-likeness (QED) is 0.644. The standard InChI is InChI=1S/C11H11N3O2S/c1-16-10-3-2-8(6-9(10)15)7-13-14-11-12-4-5-17-11/h2-7,15H,1H3,(H,12,14)/b13-7-. The van der Waals surface area contributed by atoms with Crippen molar-refractivity contribution in [2.75, 3.05) is 12.5 Å². The molecular formula is C11H11N3O2S. The first-order chi connectivity index (χ1) is 8.29. The SMILES string of the molecule is COc1ccc(/C=N\Nc2nccs2)cc1O. The zero-order valence-electron chi connectivity index (χ0n) is 9.12. The van der Waals surface area contributed by atoms with Crippen molar-refractivity contribution in [3.8, 4) is 11.5 Å². The molecule has 0 unspecified atom stereocenters. The summed E-state index contributed by atoms with van der Waals surface area (Å²) >= 11 is 1.46. The van der Waals surface area contributed by atoms with Gasteiger partial charge in [0, 0.05) is 11.6 Å². The van der Waals surface area contributed by atoms with E-state index in [-0.39, 0.29) is 5.75 Å². The fourth-order valence-corrected chi connectivity index (χ4v) is 1.71. The maximum absolute atomic E-state index is 9.56. The molecule has 0 amide bonds. The van der Waals surface area contributed by atoms with Crippen molar-refractivity contribution in [1.82, 2.24) is 4.98 Å². The third-order valence-corrected chi connectivity index (χ3v) is 2.69. The topological polar surface area (TPSA) is 66.7 Å². The normalized spacial score (nSPS) is 10.6. The van der Waals surface area contributed by atoms with Gasteiger partial charge in [-0.1, -0.05) is 0 Å². The van der Waals surface area contributed by atoms with Crippen LogP contribution in [0.2, 0.25) is 0 Å². The van der Waals surface area contributed by atoms with Crippen LogP contribution in [0, 0.1) is 0 Å². The predicted octanol–water partition coefficient (Wildman–Crippen LogP) is 2.30. The number of hydrogen-bond donors (Lipinski definition) is 2. The van der Waals surface area contributed by atoms with E-state index in [2.05, 4.69) is 15.5 Å². The average Bonchev–Trinajstić information content (AvgIpc) is 2.82. The van der Waals surface area contributed by atoms with Crippen molar-refractivity contribution in [2.45, 2.75) is 0 Å². The van der Waals surface area contributed by atoms with E-state index < -0.39 is 0 Å². The molecule has 0 radical (unpaired) electrons. The largest absolute Gasteiger partial charge is 0.504 e. The van der Waals surface area contributed by atoms with Gasteiger partial charge >= 0.3 is 0 Å². The second kappa shape index (κ2) is 5.31. The van der Waals surface area contributed by atoms with Gasteiger partial charge in [0.25, 0.3) is 0 Å². The molecule has 2 rings (SSSR count). The van der Waals surface area contributed by atoms with Crippen LogP contribution in [0.3, 0.4) is 0 Å². The lowest BCUT2D eigenvalue weighted by Crippen LogP contribution is -1.90. The number of benzene rings is 1. The van der Waals surface area contributed by atoms with E-state index >= 15 is 0 Å². The van der Waals surface area contributed by atoms with Crippen LogP contribution < -0.4 is 10.2 Å². The summed E-state index contributed by atoms with van der Waals surface area (Å²) in [5, 5.41) is 16.1. The minimum Gasteiger partial charge on any atom is -0.504 e. The van der Waals surface area contributed by atoms with E-state index in [9.17, 15) is 5.11 Å². The summed E-state index contributed by atoms with van der Waals surface area (Å²) in [5.41, 5.74) is 3.56. The fourth-order valence-electron chi connectivity index (χ4n) is 1.23. The smallest absolute Gasteiger partial charge is 0.203 e. The molecule has 0 aliphatic rings. The first-order valence-corrected chi connectivity index (χ1v) is 5.73. The molecule has 0 saturated carbocycles. The Morgan fingerprint density at radius 2 is 2.41 bits per heavy atom. The Labute approximate surface area is 102 Å². The monoisotopic (exact) mass is 249 g/mol. The maximum atomic E-state index is 9.56. The number of aromatic hydroxyl groups is 1. The van der Waals surface area contributed by atoms with Crippen LogP contribution in [0.4, 0.5) is 5.13 Å². The van der Waals surface area contributed by atoms with Crippen molar-refractivity contribution in [2.24, 2.45) is 5.10 Å². The molecule has 0 spiro atoms. The number of nitrogens with one attached hydrogen (secondary N) is 1. The van der Waals surface area contributed by atoms with Crippen molar-refractivity contribution in [3.05, 3.63) is 35.3 Å². The van der Waals surface area contributed by atoms with Gasteiger partial charge in [0.2, 0.25) is 5.13 Å². The lowest BCUT2D eigenvalue weighted by molar-refractivity contribution is 0.373. The summed E-state index contributed by atoms with van der Waals surface area (Å²) in [6.45, 7) is 0. The minimum atomic E-state index is 0.0886. The summed E-state index contributed by atoms with van der Waals surface area (Å²) in [6.07, 6.45) is 3.29. The van der Waals surface area contributed by atoms with Crippen molar-refractivity contribution >= 4 is 22.7 Å². The van der Waals surface area contributed by atoms with Gasteiger partial charge in [-0.05, 0) is 23.8 Å². The molecule has 1 aromatic carbocycles. The Morgan fingerprint density at radius 1 is 1.53 bits per heavy atom. The summed E-state index contributed by atoms with van der Waals surface area (Å²) < 4.78 is 4.94. The molecule has 0 bridgehead atoms. The average molecular weight is 249 g/mol. The molecule has 0 aliphatic heterocycles. The number of hydrazone groups is 1. The maximum Gasteiger partial charge on any atom is 0.203 e. The van der Waals surface area contributed by atoms with Crippen molar-refractivity contribution in [1.29, 1.82) is 0 Å². The number of rotatable bonds is 4. The third-order valence-electron chi connectivity index (χ3n) is 2.01. The van der Waals surface area contributed by atoms with Crippen molar-refractivity contribution in [3.63, 3.8) is 0 Å². The Morgan fingerprint density at radius 3 is 3.06 bits per heavy atom. The lowest BCUT2D eigenvalue weighted by atomic mass is 10.2. The fraction of sp³-hybridized carbons (Fsp3) is 0.0909. The van der Waals surface area contributed by atoms with Crippen molar-refractivity contribution < 1.29 is 9.84 Å². The van der Waals surface area contributed by atoms with Gasteiger partial charge in [0.1, 0.15) is 0 Å². The zero-order chi connectivity index (χ0) is 12.1. The van der Waals surface area contributed by atoms with Crippen LogP contribution >= 0.6 is 11.3 Å².